The number of benzene rings is 1. The highest BCUT2D eigenvalue weighted by Gasteiger charge is 2.25. The van der Waals surface area contributed by atoms with Gasteiger partial charge >= 0.3 is 0 Å². The first-order valence-electron chi connectivity index (χ1n) is 8.45. The highest BCUT2D eigenvalue weighted by atomic mass is 16.3. The molecule has 2 aromatic rings. The van der Waals surface area contributed by atoms with Gasteiger partial charge < -0.3 is 15.5 Å². The van der Waals surface area contributed by atoms with Gasteiger partial charge in [0.2, 0.25) is 0 Å². The van der Waals surface area contributed by atoms with Crippen LogP contribution in [-0.4, -0.2) is 39.9 Å². The Morgan fingerprint density at radius 2 is 2.08 bits per heavy atom. The normalized spacial score (nSPS) is 16.5. The summed E-state index contributed by atoms with van der Waals surface area (Å²) in [6, 6.07) is 5.96. The van der Waals surface area contributed by atoms with Crippen molar-refractivity contribution in [1.82, 2.24) is 10.3 Å². The van der Waals surface area contributed by atoms with Gasteiger partial charge in [0.05, 0.1) is 17.7 Å². The van der Waals surface area contributed by atoms with E-state index in [4.69, 9.17) is 10.1 Å². The summed E-state index contributed by atoms with van der Waals surface area (Å²) in [6.45, 7) is 3.10. The summed E-state index contributed by atoms with van der Waals surface area (Å²) >= 11 is 0. The highest BCUT2D eigenvalue weighted by Crippen LogP contribution is 2.29. The van der Waals surface area contributed by atoms with Crippen molar-refractivity contribution >= 4 is 16.8 Å². The van der Waals surface area contributed by atoms with Crippen LogP contribution >= 0.6 is 0 Å². The molecule has 3 rings (SSSR count). The summed E-state index contributed by atoms with van der Waals surface area (Å²) in [5, 5.41) is 22.7. The topological polar surface area (TPSA) is 82.5 Å². The molecule has 0 aliphatic heterocycles. The zero-order chi connectivity index (χ0) is 17.3. The average molecular weight is 328 g/mol. The van der Waals surface area contributed by atoms with E-state index in [0.29, 0.717) is 5.56 Å². The number of aliphatic hydroxyl groups excluding tert-OH is 1. The number of rotatable bonds is 4. The Morgan fingerprint density at radius 3 is 2.83 bits per heavy atom. The molecule has 0 fully saturated rings. The van der Waals surface area contributed by atoms with Crippen molar-refractivity contribution in [2.24, 2.45) is 0 Å². The molecule has 1 heterocycles. The Kier molecular flexibility index (Phi) is 4.56. The molecule has 5 nitrogen and oxygen atoms in total. The number of hydrogen-bond acceptors (Lipinski definition) is 4. The minimum atomic E-state index is -1.32. The first-order chi connectivity index (χ1) is 11.4. The number of pyridine rings is 1. The molecule has 24 heavy (non-hydrogen) atoms. The Morgan fingerprint density at radius 1 is 1.33 bits per heavy atom. The van der Waals surface area contributed by atoms with Gasteiger partial charge in [0.1, 0.15) is 5.60 Å². The van der Waals surface area contributed by atoms with Crippen LogP contribution in [0.3, 0.4) is 0 Å². The predicted octanol–water partition coefficient (Wildman–Crippen LogP) is 1.90. The molecule has 0 bridgehead atoms. The van der Waals surface area contributed by atoms with Crippen molar-refractivity contribution < 1.29 is 15.0 Å². The second-order valence-corrected chi connectivity index (χ2v) is 6.98. The van der Waals surface area contributed by atoms with Gasteiger partial charge in [0.15, 0.2) is 0 Å². The van der Waals surface area contributed by atoms with Gasteiger partial charge in [-0.3, -0.25) is 9.78 Å². The second kappa shape index (κ2) is 6.49. The number of carbonyl (C=O) groups is 1. The van der Waals surface area contributed by atoms with Crippen molar-refractivity contribution in [2.45, 2.75) is 45.1 Å². The molecule has 128 valence electrons. The molecular weight excluding hydrogens is 304 g/mol. The summed E-state index contributed by atoms with van der Waals surface area (Å²) < 4.78 is 0. The van der Waals surface area contributed by atoms with Crippen LogP contribution in [-0.2, 0) is 12.8 Å². The lowest BCUT2D eigenvalue weighted by Gasteiger charge is -2.23. The summed E-state index contributed by atoms with van der Waals surface area (Å²) in [6.07, 6.45) is 3.90. The standard InChI is InChI=1S/C19H24N2O3/c1-12-7-8-16-14(9-12)17(13-5-3-4-6-15(13)21-16)18(23)20-10-19(2,24)11-22/h7-9,22,24H,3-6,10-11H2,1-2H3,(H,20,23). The van der Waals surface area contributed by atoms with Gasteiger partial charge in [-0.1, -0.05) is 11.6 Å². The fraction of sp³-hybridized carbons (Fsp3) is 0.474. The van der Waals surface area contributed by atoms with E-state index >= 15 is 0 Å². The van der Waals surface area contributed by atoms with E-state index in [1.165, 1.54) is 6.92 Å². The number of fused-ring (bicyclic) bond motifs is 2. The Labute approximate surface area is 141 Å². The van der Waals surface area contributed by atoms with Crippen LogP contribution in [0.1, 0.15) is 46.9 Å². The molecule has 1 amide bonds. The van der Waals surface area contributed by atoms with Crippen LogP contribution in [0.15, 0.2) is 18.2 Å². The lowest BCUT2D eigenvalue weighted by molar-refractivity contribution is 0.00320. The molecule has 1 aromatic carbocycles. The Bertz CT molecular complexity index is 784. The zero-order valence-electron chi connectivity index (χ0n) is 14.2. The van der Waals surface area contributed by atoms with Gasteiger partial charge in [-0.2, -0.15) is 0 Å². The smallest absolute Gasteiger partial charge is 0.252 e. The van der Waals surface area contributed by atoms with E-state index in [2.05, 4.69) is 5.32 Å². The lowest BCUT2D eigenvalue weighted by Crippen LogP contribution is -2.43. The quantitative estimate of drug-likeness (QED) is 0.800. The van der Waals surface area contributed by atoms with Gasteiger partial charge in [0, 0.05) is 17.6 Å². The van der Waals surface area contributed by atoms with E-state index in [1.54, 1.807) is 0 Å². The van der Waals surface area contributed by atoms with Crippen molar-refractivity contribution in [3.8, 4) is 0 Å². The van der Waals surface area contributed by atoms with Crippen molar-refractivity contribution in [2.75, 3.05) is 13.2 Å². The fourth-order valence-electron chi connectivity index (χ4n) is 3.21. The number of carbonyl (C=O) groups excluding carboxylic acids is 1. The van der Waals surface area contributed by atoms with Gasteiger partial charge in [-0.15, -0.1) is 0 Å². The summed E-state index contributed by atoms with van der Waals surface area (Å²) in [5.74, 6) is -0.208. The second-order valence-electron chi connectivity index (χ2n) is 6.98. The molecule has 0 saturated carbocycles. The first kappa shape index (κ1) is 16.9. The summed E-state index contributed by atoms with van der Waals surface area (Å²) in [4.78, 5) is 17.6. The summed E-state index contributed by atoms with van der Waals surface area (Å²) in [5.41, 5.74) is 3.30. The van der Waals surface area contributed by atoms with Gasteiger partial charge in [-0.25, -0.2) is 0 Å². The van der Waals surface area contributed by atoms with E-state index in [1.807, 2.05) is 25.1 Å². The third-order valence-electron chi connectivity index (χ3n) is 4.61. The van der Waals surface area contributed by atoms with E-state index in [-0.39, 0.29) is 12.5 Å². The molecule has 0 radical (unpaired) electrons. The largest absolute Gasteiger partial charge is 0.393 e. The predicted molar refractivity (Wildman–Crippen MR) is 93.2 cm³/mol. The molecule has 0 saturated heterocycles. The number of amides is 1. The number of aliphatic hydroxyl groups is 2. The molecule has 1 atom stereocenters. The van der Waals surface area contributed by atoms with Crippen LogP contribution in [0.2, 0.25) is 0 Å². The molecular formula is C19H24N2O3. The van der Waals surface area contributed by atoms with E-state index in [9.17, 15) is 9.90 Å². The third kappa shape index (κ3) is 3.28. The molecule has 1 aromatic heterocycles. The zero-order valence-corrected chi connectivity index (χ0v) is 14.2. The van der Waals surface area contributed by atoms with Gasteiger partial charge in [-0.05, 0) is 57.2 Å². The van der Waals surface area contributed by atoms with Gasteiger partial charge in [0.25, 0.3) is 5.91 Å². The molecule has 1 aliphatic carbocycles. The fourth-order valence-corrected chi connectivity index (χ4v) is 3.21. The van der Waals surface area contributed by atoms with E-state index < -0.39 is 12.2 Å². The number of aromatic nitrogens is 1. The Hall–Kier alpha value is -1.98. The van der Waals surface area contributed by atoms with E-state index in [0.717, 1.165) is 53.4 Å². The number of nitrogens with zero attached hydrogens (tertiary/aromatic N) is 1. The average Bonchev–Trinajstić information content (AvgIpc) is 2.58. The lowest BCUT2D eigenvalue weighted by atomic mass is 9.89. The molecule has 3 N–H and O–H groups in total. The SMILES string of the molecule is Cc1ccc2nc3c(c(C(=O)NCC(C)(O)CO)c2c1)CCCC3. The maximum Gasteiger partial charge on any atom is 0.252 e. The highest BCUT2D eigenvalue weighted by molar-refractivity contribution is 6.08. The molecule has 1 aliphatic rings. The maximum atomic E-state index is 12.9. The number of aryl methyl sites for hydroxylation is 2. The van der Waals surface area contributed by atoms with Crippen LogP contribution < -0.4 is 5.32 Å². The van der Waals surface area contributed by atoms with Crippen LogP contribution in [0, 0.1) is 6.92 Å². The monoisotopic (exact) mass is 328 g/mol. The molecule has 0 spiro atoms. The maximum absolute atomic E-state index is 12.9. The Balaban J connectivity index is 2.07. The summed E-state index contributed by atoms with van der Waals surface area (Å²) in [7, 11) is 0. The molecule has 1 unspecified atom stereocenters. The van der Waals surface area contributed by atoms with Crippen molar-refractivity contribution in [3.63, 3.8) is 0 Å². The van der Waals surface area contributed by atoms with Crippen LogP contribution in [0.5, 0.6) is 0 Å². The first-order valence-corrected chi connectivity index (χ1v) is 8.45. The van der Waals surface area contributed by atoms with Crippen LogP contribution in [0.25, 0.3) is 10.9 Å². The number of hydrogen-bond donors (Lipinski definition) is 3. The third-order valence-corrected chi connectivity index (χ3v) is 4.61. The minimum Gasteiger partial charge on any atom is -0.393 e. The van der Waals surface area contributed by atoms with Crippen molar-refractivity contribution in [3.05, 3.63) is 40.6 Å². The molecule has 5 heteroatoms. The minimum absolute atomic E-state index is 0.00669. The number of nitrogens with one attached hydrogen (secondary N) is 1. The van der Waals surface area contributed by atoms with Crippen LogP contribution in [0.4, 0.5) is 0 Å². The van der Waals surface area contributed by atoms with Crippen molar-refractivity contribution in [1.29, 1.82) is 0 Å².